The van der Waals surface area contributed by atoms with Crippen LogP contribution in [0.2, 0.25) is 0 Å². The second-order valence-corrected chi connectivity index (χ2v) is 5.23. The fourth-order valence-corrected chi connectivity index (χ4v) is 1.85. The Morgan fingerprint density at radius 1 is 1.18 bits per heavy atom. The summed E-state index contributed by atoms with van der Waals surface area (Å²) in [5.41, 5.74) is 0.457. The van der Waals surface area contributed by atoms with Gasteiger partial charge in [0, 0.05) is 20.0 Å². The van der Waals surface area contributed by atoms with Crippen molar-refractivity contribution in [1.82, 2.24) is 0 Å². The van der Waals surface area contributed by atoms with Gasteiger partial charge in [-0.1, -0.05) is 19.1 Å². The van der Waals surface area contributed by atoms with E-state index in [0.29, 0.717) is 18.0 Å². The summed E-state index contributed by atoms with van der Waals surface area (Å²) in [4.78, 5) is 23.7. The van der Waals surface area contributed by atoms with Crippen LogP contribution in [0.1, 0.15) is 27.2 Å². The van der Waals surface area contributed by atoms with Gasteiger partial charge >= 0.3 is 11.9 Å². The molecule has 0 amide bonds. The number of hydrogen-bond donors (Lipinski definition) is 1. The lowest BCUT2D eigenvalue weighted by atomic mass is 10.2. The first-order valence-electron chi connectivity index (χ1n) is 7.08. The number of esters is 2. The molecule has 0 aromatic heterocycles. The predicted molar refractivity (Wildman–Crippen MR) is 80.2 cm³/mol. The maximum Gasteiger partial charge on any atom is 0.350 e. The molecule has 0 radical (unpaired) electrons. The van der Waals surface area contributed by atoms with Gasteiger partial charge in [0.2, 0.25) is 0 Å². The highest BCUT2D eigenvalue weighted by Crippen LogP contribution is 2.26. The highest BCUT2D eigenvalue weighted by atomic mass is 16.7. The lowest BCUT2D eigenvalue weighted by molar-refractivity contribution is -0.222. The van der Waals surface area contributed by atoms with Crippen molar-refractivity contribution in [1.29, 1.82) is 0 Å². The molecule has 0 aliphatic carbocycles. The number of anilines is 1. The fourth-order valence-electron chi connectivity index (χ4n) is 1.85. The lowest BCUT2D eigenvalue weighted by Crippen LogP contribution is -2.42. The van der Waals surface area contributed by atoms with Gasteiger partial charge < -0.3 is 19.5 Å². The molecule has 1 fully saturated rings. The van der Waals surface area contributed by atoms with Gasteiger partial charge in [-0.25, -0.2) is 9.59 Å². The molecule has 0 spiro atoms. The van der Waals surface area contributed by atoms with Crippen molar-refractivity contribution in [2.45, 2.75) is 33.0 Å². The van der Waals surface area contributed by atoms with Crippen LogP contribution in [0, 0.1) is 0 Å². The zero-order valence-electron chi connectivity index (χ0n) is 12.8. The Morgan fingerprint density at radius 2 is 1.82 bits per heavy atom. The van der Waals surface area contributed by atoms with Gasteiger partial charge in [0.1, 0.15) is 5.75 Å². The molecule has 1 aliphatic heterocycles. The molecule has 1 N–H and O–H groups in total. The number of carbonyl (C=O) groups is 2. The Balaban J connectivity index is 2.15. The number of cyclic esters (lactones) is 2. The average molecular weight is 305 g/mol. The molecule has 0 atom stereocenters. The van der Waals surface area contributed by atoms with E-state index < -0.39 is 17.7 Å². The SMILES string of the molecule is CCCOc1ccccc1NC=C1C(=O)OC(C)(C)OC1=O. The smallest absolute Gasteiger partial charge is 0.350 e. The minimum atomic E-state index is -1.24. The maximum absolute atomic E-state index is 11.8. The zero-order valence-corrected chi connectivity index (χ0v) is 12.8. The minimum Gasteiger partial charge on any atom is -0.491 e. The predicted octanol–water partition coefficient (Wildman–Crippen LogP) is 2.61. The summed E-state index contributed by atoms with van der Waals surface area (Å²) >= 11 is 0. The van der Waals surface area contributed by atoms with Gasteiger partial charge in [-0.05, 0) is 18.6 Å². The highest BCUT2D eigenvalue weighted by molar-refractivity contribution is 6.15. The van der Waals surface area contributed by atoms with Crippen LogP contribution >= 0.6 is 0 Å². The molecular weight excluding hydrogens is 286 g/mol. The van der Waals surface area contributed by atoms with Gasteiger partial charge in [0.05, 0.1) is 12.3 Å². The first-order valence-corrected chi connectivity index (χ1v) is 7.08. The van der Waals surface area contributed by atoms with Crippen LogP contribution in [0.15, 0.2) is 36.0 Å². The van der Waals surface area contributed by atoms with E-state index in [1.165, 1.54) is 20.0 Å². The van der Waals surface area contributed by atoms with Crippen molar-refractivity contribution in [3.8, 4) is 5.75 Å². The van der Waals surface area contributed by atoms with E-state index >= 15 is 0 Å². The summed E-state index contributed by atoms with van der Waals surface area (Å²) in [5, 5.41) is 2.89. The van der Waals surface area contributed by atoms with Crippen molar-refractivity contribution in [2.24, 2.45) is 0 Å². The topological polar surface area (TPSA) is 73.9 Å². The lowest BCUT2D eigenvalue weighted by Gasteiger charge is -2.29. The Hall–Kier alpha value is -2.50. The van der Waals surface area contributed by atoms with Gasteiger partial charge in [0.15, 0.2) is 5.57 Å². The second kappa shape index (κ2) is 6.51. The molecule has 1 aromatic carbocycles. The molecule has 6 heteroatoms. The number of benzene rings is 1. The molecule has 2 rings (SSSR count). The van der Waals surface area contributed by atoms with Crippen LogP contribution in [0.3, 0.4) is 0 Å². The van der Waals surface area contributed by atoms with E-state index in [1.807, 2.05) is 19.1 Å². The summed E-state index contributed by atoms with van der Waals surface area (Å²) in [6, 6.07) is 7.25. The van der Waals surface area contributed by atoms with Crippen LogP contribution in [0.5, 0.6) is 5.75 Å². The monoisotopic (exact) mass is 305 g/mol. The molecule has 1 aliphatic rings. The van der Waals surface area contributed by atoms with Gasteiger partial charge in [-0.2, -0.15) is 0 Å². The normalized spacial score (nSPS) is 16.6. The molecule has 22 heavy (non-hydrogen) atoms. The number of rotatable bonds is 5. The number of nitrogens with one attached hydrogen (secondary N) is 1. The Morgan fingerprint density at radius 3 is 2.45 bits per heavy atom. The first-order chi connectivity index (χ1) is 10.4. The van der Waals surface area contributed by atoms with Crippen LogP contribution < -0.4 is 10.1 Å². The van der Waals surface area contributed by atoms with Crippen LogP contribution in [-0.4, -0.2) is 24.3 Å². The Kier molecular flexibility index (Phi) is 4.70. The van der Waals surface area contributed by atoms with Crippen molar-refractivity contribution in [3.05, 3.63) is 36.0 Å². The summed E-state index contributed by atoms with van der Waals surface area (Å²) in [6.45, 7) is 5.59. The fraction of sp³-hybridized carbons (Fsp3) is 0.375. The van der Waals surface area contributed by atoms with Gasteiger partial charge in [-0.3, -0.25) is 0 Å². The van der Waals surface area contributed by atoms with Crippen LogP contribution in [-0.2, 0) is 19.1 Å². The first kappa shape index (κ1) is 15.9. The van der Waals surface area contributed by atoms with Crippen molar-refractivity contribution < 1.29 is 23.8 Å². The van der Waals surface area contributed by atoms with E-state index in [1.54, 1.807) is 12.1 Å². The summed E-state index contributed by atoms with van der Waals surface area (Å²) in [5.74, 6) is -2.05. The van der Waals surface area contributed by atoms with Crippen LogP contribution in [0.25, 0.3) is 0 Å². The third-order valence-electron chi connectivity index (χ3n) is 2.84. The van der Waals surface area contributed by atoms with E-state index in [2.05, 4.69) is 5.32 Å². The summed E-state index contributed by atoms with van der Waals surface area (Å²) in [6.07, 6.45) is 2.15. The van der Waals surface area contributed by atoms with Crippen molar-refractivity contribution >= 4 is 17.6 Å². The number of ether oxygens (including phenoxy) is 3. The van der Waals surface area contributed by atoms with Crippen molar-refractivity contribution in [3.63, 3.8) is 0 Å². The molecule has 1 aromatic rings. The molecule has 0 bridgehead atoms. The van der Waals surface area contributed by atoms with Crippen LogP contribution in [0.4, 0.5) is 5.69 Å². The van der Waals surface area contributed by atoms with E-state index in [0.717, 1.165) is 6.42 Å². The molecule has 1 saturated heterocycles. The van der Waals surface area contributed by atoms with Crippen molar-refractivity contribution in [2.75, 3.05) is 11.9 Å². The largest absolute Gasteiger partial charge is 0.491 e. The Bertz CT molecular complexity index is 584. The number of carbonyl (C=O) groups excluding carboxylic acids is 2. The van der Waals surface area contributed by atoms with E-state index in [9.17, 15) is 9.59 Å². The molecular formula is C16H19NO5. The van der Waals surface area contributed by atoms with Gasteiger partial charge in [0.25, 0.3) is 5.79 Å². The standard InChI is InChI=1S/C16H19NO5/c1-4-9-20-13-8-6-5-7-12(13)17-10-11-14(18)21-16(2,3)22-15(11)19/h5-8,10,17H,4,9H2,1-3H3. The average Bonchev–Trinajstić information content (AvgIpc) is 2.44. The minimum absolute atomic E-state index is 0.190. The number of hydrogen-bond acceptors (Lipinski definition) is 6. The third kappa shape index (κ3) is 3.78. The summed E-state index contributed by atoms with van der Waals surface area (Å²) in [7, 11) is 0. The molecule has 6 nitrogen and oxygen atoms in total. The zero-order chi connectivity index (χ0) is 16.2. The second-order valence-electron chi connectivity index (χ2n) is 5.23. The molecule has 118 valence electrons. The molecule has 1 heterocycles. The maximum atomic E-state index is 11.8. The van der Waals surface area contributed by atoms with Gasteiger partial charge in [-0.15, -0.1) is 0 Å². The summed E-state index contributed by atoms with van der Waals surface area (Å²) < 4.78 is 15.6. The number of para-hydroxylation sites is 2. The van der Waals surface area contributed by atoms with E-state index in [-0.39, 0.29) is 5.57 Å². The highest BCUT2D eigenvalue weighted by Gasteiger charge is 2.38. The third-order valence-corrected chi connectivity index (χ3v) is 2.84. The quantitative estimate of drug-likeness (QED) is 0.512. The molecule has 0 saturated carbocycles. The Labute approximate surface area is 129 Å². The van der Waals surface area contributed by atoms with E-state index in [4.69, 9.17) is 14.2 Å². The molecule has 0 unspecified atom stereocenters.